The summed E-state index contributed by atoms with van der Waals surface area (Å²) in [7, 11) is 0. The van der Waals surface area contributed by atoms with Crippen molar-refractivity contribution in [3.63, 3.8) is 0 Å². The van der Waals surface area contributed by atoms with Crippen LogP contribution in [0.1, 0.15) is 32.0 Å². The van der Waals surface area contributed by atoms with Gasteiger partial charge in [-0.25, -0.2) is 9.50 Å². The molecule has 98 valence electrons. The highest BCUT2D eigenvalue weighted by Crippen LogP contribution is 2.29. The van der Waals surface area contributed by atoms with Crippen LogP contribution in [0.5, 0.6) is 0 Å². The van der Waals surface area contributed by atoms with Crippen LogP contribution in [0.3, 0.4) is 0 Å². The van der Waals surface area contributed by atoms with Crippen LogP contribution in [-0.2, 0) is 5.41 Å². The van der Waals surface area contributed by atoms with Gasteiger partial charge in [0.1, 0.15) is 0 Å². The van der Waals surface area contributed by atoms with E-state index in [9.17, 15) is 0 Å². The second-order valence-corrected chi connectivity index (χ2v) is 5.83. The third-order valence-corrected chi connectivity index (χ3v) is 3.25. The number of nitrogens with zero attached hydrogens (tertiary/aromatic N) is 3. The van der Waals surface area contributed by atoms with Crippen molar-refractivity contribution in [1.29, 1.82) is 0 Å². The van der Waals surface area contributed by atoms with E-state index in [1.54, 1.807) is 12.5 Å². The summed E-state index contributed by atoms with van der Waals surface area (Å²) in [6, 6.07) is 1.92. The van der Waals surface area contributed by atoms with Crippen LogP contribution in [0.2, 0.25) is 0 Å². The normalized spacial score (nSPS) is 12.2. The Balaban J connectivity index is 2.22. The summed E-state index contributed by atoms with van der Waals surface area (Å²) in [6.07, 6.45) is 7.24. The third kappa shape index (κ3) is 1.93. The van der Waals surface area contributed by atoms with Crippen LogP contribution in [-0.4, -0.2) is 14.6 Å². The first kappa shape index (κ1) is 12.0. The fourth-order valence-corrected chi connectivity index (χ4v) is 2.50. The Morgan fingerprint density at radius 2 is 2.00 bits per heavy atom. The van der Waals surface area contributed by atoms with Crippen molar-refractivity contribution < 1.29 is 4.42 Å². The van der Waals surface area contributed by atoms with E-state index in [1.807, 2.05) is 29.9 Å². The fourth-order valence-electron chi connectivity index (χ4n) is 2.50. The molecule has 3 aromatic rings. The topological polar surface area (TPSA) is 43.3 Å². The van der Waals surface area contributed by atoms with Crippen molar-refractivity contribution in [3.8, 4) is 11.1 Å². The molecular formula is C15H17N3O. The van der Waals surface area contributed by atoms with Gasteiger partial charge >= 0.3 is 0 Å². The van der Waals surface area contributed by atoms with Gasteiger partial charge in [-0.05, 0) is 18.4 Å². The molecule has 0 aliphatic rings. The number of furan rings is 1. The summed E-state index contributed by atoms with van der Waals surface area (Å²) in [5.74, 6) is 0. The van der Waals surface area contributed by atoms with Gasteiger partial charge in [-0.15, -0.1) is 0 Å². The fraction of sp³-hybridized carbons (Fsp3) is 0.333. The Kier molecular flexibility index (Phi) is 2.49. The van der Waals surface area contributed by atoms with Crippen LogP contribution in [0.4, 0.5) is 0 Å². The molecule has 4 nitrogen and oxygen atoms in total. The van der Waals surface area contributed by atoms with Crippen molar-refractivity contribution in [1.82, 2.24) is 14.6 Å². The van der Waals surface area contributed by atoms with Crippen LogP contribution in [0, 0.1) is 6.92 Å². The maximum Gasteiger partial charge on any atom is 0.158 e. The van der Waals surface area contributed by atoms with Crippen molar-refractivity contribution in [2.24, 2.45) is 0 Å². The summed E-state index contributed by atoms with van der Waals surface area (Å²) in [5, 5.41) is 4.57. The summed E-state index contributed by atoms with van der Waals surface area (Å²) in [6.45, 7) is 8.58. The minimum Gasteiger partial charge on any atom is -0.472 e. The van der Waals surface area contributed by atoms with E-state index in [2.05, 4.69) is 30.9 Å². The predicted molar refractivity (Wildman–Crippen MR) is 74.1 cm³/mol. The molecule has 0 N–H and O–H groups in total. The molecule has 0 atom stereocenters. The molecule has 4 heteroatoms. The lowest BCUT2D eigenvalue weighted by molar-refractivity contribution is 0.568. The number of rotatable bonds is 1. The van der Waals surface area contributed by atoms with Gasteiger partial charge in [0.05, 0.1) is 18.2 Å². The molecule has 0 aliphatic carbocycles. The van der Waals surface area contributed by atoms with Crippen LogP contribution in [0.15, 0.2) is 35.4 Å². The van der Waals surface area contributed by atoms with E-state index in [0.717, 1.165) is 22.5 Å². The lowest BCUT2D eigenvalue weighted by Gasteiger charge is -2.17. The highest BCUT2D eigenvalue weighted by atomic mass is 16.3. The van der Waals surface area contributed by atoms with Crippen LogP contribution < -0.4 is 0 Å². The molecule has 3 aromatic heterocycles. The average Bonchev–Trinajstić information content (AvgIpc) is 2.91. The summed E-state index contributed by atoms with van der Waals surface area (Å²) >= 11 is 0. The Bertz CT molecular complexity index is 718. The number of aryl methyl sites for hydroxylation is 1. The maximum atomic E-state index is 5.11. The zero-order chi connectivity index (χ0) is 13.6. The summed E-state index contributed by atoms with van der Waals surface area (Å²) in [5.41, 5.74) is 5.22. The van der Waals surface area contributed by atoms with Gasteiger partial charge in [0.25, 0.3) is 0 Å². The largest absolute Gasteiger partial charge is 0.472 e. The number of hydrogen-bond acceptors (Lipinski definition) is 3. The van der Waals surface area contributed by atoms with E-state index in [1.165, 1.54) is 5.56 Å². The van der Waals surface area contributed by atoms with Gasteiger partial charge in [0, 0.05) is 29.1 Å². The van der Waals surface area contributed by atoms with Crippen LogP contribution >= 0.6 is 0 Å². The molecule has 3 heterocycles. The summed E-state index contributed by atoms with van der Waals surface area (Å²) in [4.78, 5) is 4.58. The summed E-state index contributed by atoms with van der Waals surface area (Å²) < 4.78 is 6.97. The second kappa shape index (κ2) is 3.95. The van der Waals surface area contributed by atoms with E-state index in [-0.39, 0.29) is 5.41 Å². The molecule has 0 radical (unpaired) electrons. The van der Waals surface area contributed by atoms with Gasteiger partial charge in [-0.2, -0.15) is 5.10 Å². The van der Waals surface area contributed by atoms with Gasteiger partial charge < -0.3 is 4.42 Å². The van der Waals surface area contributed by atoms with Gasteiger partial charge in [0.2, 0.25) is 0 Å². The zero-order valence-corrected chi connectivity index (χ0v) is 11.6. The van der Waals surface area contributed by atoms with E-state index in [4.69, 9.17) is 4.42 Å². The smallest absolute Gasteiger partial charge is 0.158 e. The number of fused-ring (bicyclic) bond motifs is 1. The number of hydrogen-bond donors (Lipinski definition) is 0. The first-order valence-corrected chi connectivity index (χ1v) is 6.35. The van der Waals surface area contributed by atoms with Crippen molar-refractivity contribution in [2.45, 2.75) is 33.1 Å². The van der Waals surface area contributed by atoms with E-state index < -0.39 is 0 Å². The molecule has 3 rings (SSSR count). The van der Waals surface area contributed by atoms with Gasteiger partial charge in [-0.1, -0.05) is 20.8 Å². The van der Waals surface area contributed by atoms with E-state index in [0.29, 0.717) is 0 Å². The van der Waals surface area contributed by atoms with Crippen molar-refractivity contribution in [2.75, 3.05) is 0 Å². The molecule has 0 saturated heterocycles. The molecule has 0 aromatic carbocycles. The molecule has 0 unspecified atom stereocenters. The molecule has 0 spiro atoms. The van der Waals surface area contributed by atoms with Gasteiger partial charge in [-0.3, -0.25) is 0 Å². The molecule has 0 aliphatic heterocycles. The lowest BCUT2D eigenvalue weighted by Crippen LogP contribution is -2.12. The quantitative estimate of drug-likeness (QED) is 0.667. The monoisotopic (exact) mass is 255 g/mol. The maximum absolute atomic E-state index is 5.11. The molecule has 0 saturated carbocycles. The second-order valence-electron chi connectivity index (χ2n) is 5.83. The molecular weight excluding hydrogens is 238 g/mol. The first-order chi connectivity index (χ1) is 8.97. The lowest BCUT2D eigenvalue weighted by atomic mass is 9.87. The minimum absolute atomic E-state index is 0.0377. The van der Waals surface area contributed by atoms with Crippen molar-refractivity contribution in [3.05, 3.63) is 42.2 Å². The third-order valence-electron chi connectivity index (χ3n) is 3.25. The average molecular weight is 255 g/mol. The minimum atomic E-state index is 0.0377. The number of aromatic nitrogens is 3. The molecule has 0 bridgehead atoms. The van der Waals surface area contributed by atoms with Crippen molar-refractivity contribution >= 4 is 5.65 Å². The Hall–Kier alpha value is -2.10. The first-order valence-electron chi connectivity index (χ1n) is 6.35. The predicted octanol–water partition coefficient (Wildman–Crippen LogP) is 3.60. The Labute approximate surface area is 112 Å². The standard InChI is InChI=1S/C15H17N3O/c1-10-13(15(2,3)4)14-16-7-12(8-18(14)17-10)11-5-6-19-9-11/h5-9H,1-4H3. The zero-order valence-electron chi connectivity index (χ0n) is 11.6. The van der Waals surface area contributed by atoms with Gasteiger partial charge in [0.15, 0.2) is 5.65 Å². The highest BCUT2D eigenvalue weighted by molar-refractivity contribution is 5.63. The SMILES string of the molecule is Cc1nn2cc(-c3ccoc3)cnc2c1C(C)(C)C. The molecule has 19 heavy (non-hydrogen) atoms. The molecule has 0 fully saturated rings. The highest BCUT2D eigenvalue weighted by Gasteiger charge is 2.23. The van der Waals surface area contributed by atoms with E-state index >= 15 is 0 Å². The Morgan fingerprint density at radius 3 is 2.63 bits per heavy atom. The van der Waals surface area contributed by atoms with Crippen LogP contribution in [0.25, 0.3) is 16.8 Å². The Morgan fingerprint density at radius 1 is 1.21 bits per heavy atom. The molecule has 0 amide bonds.